The number of unbranched alkanes of at least 4 members (excludes halogenated alkanes) is 3. The van der Waals surface area contributed by atoms with E-state index in [1.807, 2.05) is 39.0 Å². The Balaban J connectivity index is 0.000000223. The molecule has 0 saturated carbocycles. The van der Waals surface area contributed by atoms with Gasteiger partial charge in [0.05, 0.1) is 48.6 Å². The molecule has 0 aliphatic heterocycles. The van der Waals surface area contributed by atoms with E-state index in [4.69, 9.17) is 14.2 Å². The van der Waals surface area contributed by atoms with Gasteiger partial charge >= 0.3 is 5.97 Å². The number of anilines is 1. The molecule has 0 amide bonds. The molecule has 12 heteroatoms. The summed E-state index contributed by atoms with van der Waals surface area (Å²) in [6.07, 6.45) is 4.04. The molecule has 6 rings (SSSR count). The van der Waals surface area contributed by atoms with Crippen LogP contribution in [0.1, 0.15) is 110 Å². The van der Waals surface area contributed by atoms with E-state index in [9.17, 15) is 39.6 Å². The van der Waals surface area contributed by atoms with Gasteiger partial charge in [0.15, 0.2) is 17.3 Å². The number of aromatic hydroxyl groups is 4. The van der Waals surface area contributed by atoms with Crippen LogP contribution in [0, 0.1) is 6.92 Å². The molecular weight excluding hydrogens is 827 g/mol. The number of methoxy groups -OCH3 is 2. The first kappa shape index (κ1) is 50.0. The summed E-state index contributed by atoms with van der Waals surface area (Å²) in [4.78, 5) is 51.9. The first-order valence-corrected chi connectivity index (χ1v) is 21.3. The third kappa shape index (κ3) is 13.7. The quantitative estimate of drug-likeness (QED) is 0.0387. The molecule has 0 aromatic heterocycles. The van der Waals surface area contributed by atoms with Crippen LogP contribution in [0.3, 0.4) is 0 Å². The standard InChI is InChI=1S/C24H31NO4.C15H14O3.C14H12O4/c1-4-7-8-11-16-29-24(28)20-13-10-9-12-19(20)23(27)21-15-14-18(17-22(21)26)25(5-2)6-3;1-10-3-5-11(6-4-10)15(17)13-8-7-12(18-2)9-14(13)16;1-18-9-6-7-11(13(16)8-9)14(17)10-4-2-3-5-12(10)15/h9-10,12-15,17,26H,4-8,11,16H2,1-3H3;3-9,16H,1-2H3;2-8,15-16H,1H3. The number of rotatable bonds is 17. The normalized spacial score (nSPS) is 10.3. The molecule has 65 heavy (non-hydrogen) atoms. The first-order chi connectivity index (χ1) is 31.3. The highest BCUT2D eigenvalue weighted by Crippen LogP contribution is 2.30. The lowest BCUT2D eigenvalue weighted by atomic mass is 9.97. The minimum atomic E-state index is -0.510. The van der Waals surface area contributed by atoms with Gasteiger partial charge < -0.3 is 39.5 Å². The molecule has 0 aliphatic rings. The lowest BCUT2D eigenvalue weighted by molar-refractivity contribution is 0.0494. The number of benzene rings is 6. The summed E-state index contributed by atoms with van der Waals surface area (Å²) >= 11 is 0. The summed E-state index contributed by atoms with van der Waals surface area (Å²) in [7, 11) is 2.98. The maximum absolute atomic E-state index is 13.0. The van der Waals surface area contributed by atoms with E-state index < -0.39 is 17.5 Å². The zero-order chi connectivity index (χ0) is 47.5. The molecule has 0 fully saturated rings. The molecule has 0 spiro atoms. The van der Waals surface area contributed by atoms with Crippen molar-refractivity contribution in [1.82, 2.24) is 0 Å². The van der Waals surface area contributed by atoms with Crippen LogP contribution in [-0.4, -0.2) is 77.7 Å². The van der Waals surface area contributed by atoms with Gasteiger partial charge in [0.1, 0.15) is 34.5 Å². The van der Waals surface area contributed by atoms with Gasteiger partial charge in [-0.15, -0.1) is 0 Å². The number of para-hydroxylation sites is 1. The number of aryl methyl sites for hydroxylation is 1. The molecule has 340 valence electrons. The van der Waals surface area contributed by atoms with E-state index in [0.29, 0.717) is 23.7 Å². The average molecular weight is 884 g/mol. The highest BCUT2D eigenvalue weighted by molar-refractivity contribution is 6.16. The molecule has 6 aromatic carbocycles. The SMILES string of the molecule is CCCCCCOC(=O)c1ccccc1C(=O)c1ccc(N(CC)CC)cc1O.COc1ccc(C(=O)c2ccc(C)cc2)c(O)c1.COc1ccc(C(=O)c2ccccc2O)c(O)c1. The summed E-state index contributed by atoms with van der Waals surface area (Å²) in [5.74, 6) is -1.02. The van der Waals surface area contributed by atoms with Gasteiger partial charge in [-0.3, -0.25) is 14.4 Å². The van der Waals surface area contributed by atoms with Crippen molar-refractivity contribution in [3.05, 3.63) is 172 Å². The zero-order valence-corrected chi connectivity index (χ0v) is 37.7. The predicted octanol–water partition coefficient (Wildman–Crippen LogP) is 10.5. The van der Waals surface area contributed by atoms with E-state index in [1.165, 1.54) is 44.6 Å². The maximum Gasteiger partial charge on any atom is 0.338 e. The summed E-state index contributed by atoms with van der Waals surface area (Å²) in [6.45, 7) is 10.1. The molecule has 0 heterocycles. The summed E-state index contributed by atoms with van der Waals surface area (Å²) in [6, 6.07) is 34.1. The number of ketones is 3. The van der Waals surface area contributed by atoms with E-state index in [0.717, 1.165) is 50.0 Å². The highest BCUT2D eigenvalue weighted by atomic mass is 16.5. The second kappa shape index (κ2) is 24.9. The van der Waals surface area contributed by atoms with Crippen molar-refractivity contribution < 1.29 is 53.8 Å². The molecule has 0 unspecified atom stereocenters. The largest absolute Gasteiger partial charge is 0.507 e. The van der Waals surface area contributed by atoms with Crippen LogP contribution < -0.4 is 14.4 Å². The number of phenols is 4. The number of hydrogen-bond donors (Lipinski definition) is 4. The lowest BCUT2D eigenvalue weighted by Gasteiger charge is -2.21. The topological polar surface area (TPSA) is 180 Å². The molecule has 6 aromatic rings. The van der Waals surface area contributed by atoms with Gasteiger partial charge in [0.2, 0.25) is 0 Å². The lowest BCUT2D eigenvalue weighted by Crippen LogP contribution is -2.21. The van der Waals surface area contributed by atoms with Crippen LogP contribution in [0.25, 0.3) is 0 Å². The van der Waals surface area contributed by atoms with Gasteiger partial charge in [-0.2, -0.15) is 0 Å². The Hall–Kier alpha value is -7.60. The second-order valence-electron chi connectivity index (χ2n) is 14.8. The average Bonchev–Trinajstić information content (AvgIpc) is 3.32. The molecule has 0 bridgehead atoms. The smallest absolute Gasteiger partial charge is 0.338 e. The van der Waals surface area contributed by atoms with Crippen molar-refractivity contribution in [2.24, 2.45) is 0 Å². The van der Waals surface area contributed by atoms with Crippen molar-refractivity contribution in [2.75, 3.05) is 38.8 Å². The molecule has 4 N–H and O–H groups in total. The Morgan fingerprint density at radius 1 is 0.492 bits per heavy atom. The molecule has 0 atom stereocenters. The molecule has 0 saturated heterocycles. The molecule has 12 nitrogen and oxygen atoms in total. The Morgan fingerprint density at radius 3 is 1.48 bits per heavy atom. The molecule has 0 aliphatic carbocycles. The van der Waals surface area contributed by atoms with E-state index in [1.54, 1.807) is 78.9 Å². The highest BCUT2D eigenvalue weighted by Gasteiger charge is 2.22. The van der Waals surface area contributed by atoms with Crippen molar-refractivity contribution in [3.63, 3.8) is 0 Å². The minimum absolute atomic E-state index is 0.0695. The molecule has 0 radical (unpaired) electrons. The van der Waals surface area contributed by atoms with Crippen molar-refractivity contribution >= 4 is 29.0 Å². The monoisotopic (exact) mass is 883 g/mol. The van der Waals surface area contributed by atoms with Crippen LogP contribution in [-0.2, 0) is 4.74 Å². The zero-order valence-electron chi connectivity index (χ0n) is 37.7. The summed E-state index contributed by atoms with van der Waals surface area (Å²) in [5.41, 5.74) is 3.67. The Kier molecular flexibility index (Phi) is 19.2. The van der Waals surface area contributed by atoms with Crippen molar-refractivity contribution in [3.8, 4) is 34.5 Å². The van der Waals surface area contributed by atoms with Gasteiger partial charge in [-0.05, 0) is 81.8 Å². The van der Waals surface area contributed by atoms with Crippen molar-refractivity contribution in [2.45, 2.75) is 53.4 Å². The van der Waals surface area contributed by atoms with Crippen LogP contribution >= 0.6 is 0 Å². The number of hydrogen-bond acceptors (Lipinski definition) is 12. The third-order valence-corrected chi connectivity index (χ3v) is 10.3. The van der Waals surface area contributed by atoms with Crippen LogP contribution in [0.4, 0.5) is 5.69 Å². The fourth-order valence-corrected chi connectivity index (χ4v) is 6.61. The summed E-state index contributed by atoms with van der Waals surface area (Å²) < 4.78 is 15.3. The van der Waals surface area contributed by atoms with E-state index in [-0.39, 0.29) is 62.2 Å². The first-order valence-electron chi connectivity index (χ1n) is 21.3. The summed E-state index contributed by atoms with van der Waals surface area (Å²) in [5, 5.41) is 39.6. The third-order valence-electron chi connectivity index (χ3n) is 10.3. The van der Waals surface area contributed by atoms with Crippen LogP contribution in [0.5, 0.6) is 34.5 Å². The number of esters is 1. The number of ether oxygens (including phenoxy) is 3. The number of carbonyl (C=O) groups is 4. The maximum atomic E-state index is 13.0. The van der Waals surface area contributed by atoms with Crippen LogP contribution in [0.15, 0.2) is 127 Å². The number of carbonyl (C=O) groups excluding carboxylic acids is 4. The fourth-order valence-electron chi connectivity index (χ4n) is 6.61. The van der Waals surface area contributed by atoms with E-state index in [2.05, 4.69) is 11.8 Å². The Morgan fingerprint density at radius 2 is 0.969 bits per heavy atom. The van der Waals surface area contributed by atoms with Gasteiger partial charge in [0.25, 0.3) is 0 Å². The number of nitrogens with zero attached hydrogens (tertiary/aromatic N) is 1. The van der Waals surface area contributed by atoms with Gasteiger partial charge in [-0.25, -0.2) is 4.79 Å². The minimum Gasteiger partial charge on any atom is -0.507 e. The Labute approximate surface area is 380 Å². The van der Waals surface area contributed by atoms with E-state index >= 15 is 0 Å². The predicted molar refractivity (Wildman–Crippen MR) is 251 cm³/mol. The second-order valence-corrected chi connectivity index (χ2v) is 14.8. The molecular formula is C53H57NO11. The van der Waals surface area contributed by atoms with Crippen molar-refractivity contribution in [1.29, 1.82) is 0 Å². The fraction of sp³-hybridized carbons (Fsp3) is 0.245. The van der Waals surface area contributed by atoms with Crippen LogP contribution in [0.2, 0.25) is 0 Å². The number of phenolic OH excluding ortho intramolecular Hbond substituents is 4. The van der Waals surface area contributed by atoms with Gasteiger partial charge in [0, 0.05) is 48.1 Å². The van der Waals surface area contributed by atoms with Gasteiger partial charge in [-0.1, -0.05) is 86.3 Å². The Bertz CT molecular complexity index is 2550.